The van der Waals surface area contributed by atoms with Gasteiger partial charge in [-0.25, -0.2) is 4.68 Å². The second-order valence-electron chi connectivity index (χ2n) is 4.13. The largest absolute Gasteiger partial charge is 0.248 e. The summed E-state index contributed by atoms with van der Waals surface area (Å²) >= 11 is 3.48. The summed E-state index contributed by atoms with van der Waals surface area (Å²) < 4.78 is 1.87. The van der Waals surface area contributed by atoms with Crippen molar-refractivity contribution in [1.82, 2.24) is 15.0 Å². The van der Waals surface area contributed by atoms with Crippen molar-refractivity contribution in [3.8, 4) is 0 Å². The third-order valence-corrected chi connectivity index (χ3v) is 3.21. The maximum absolute atomic E-state index is 4.11. The molecule has 3 nitrogen and oxygen atoms in total. The fourth-order valence-corrected chi connectivity index (χ4v) is 1.85. The van der Waals surface area contributed by atoms with Gasteiger partial charge in [-0.2, -0.15) is 0 Å². The number of benzene rings is 1. The fourth-order valence-electron chi connectivity index (χ4n) is 1.64. The molecule has 1 heterocycles. The first-order valence-electron chi connectivity index (χ1n) is 5.81. The van der Waals surface area contributed by atoms with Crippen molar-refractivity contribution in [3.63, 3.8) is 0 Å². The average molecular weight is 294 g/mol. The molecule has 0 aliphatic rings. The minimum atomic E-state index is 0.249. The number of aryl methyl sites for hydroxylation is 1. The van der Waals surface area contributed by atoms with Crippen molar-refractivity contribution in [2.45, 2.75) is 31.6 Å². The van der Waals surface area contributed by atoms with Crippen LogP contribution in [0.3, 0.4) is 0 Å². The molecule has 1 atom stereocenters. The van der Waals surface area contributed by atoms with Crippen molar-refractivity contribution in [3.05, 3.63) is 47.3 Å². The molecule has 0 bridgehead atoms. The molecule has 0 radical (unpaired) electrons. The smallest absolute Gasteiger partial charge is 0.0960 e. The molecule has 1 unspecified atom stereocenters. The van der Waals surface area contributed by atoms with E-state index in [1.54, 1.807) is 0 Å². The molecule has 17 heavy (non-hydrogen) atoms. The number of hydrogen-bond acceptors (Lipinski definition) is 2. The molecule has 2 rings (SSSR count). The van der Waals surface area contributed by atoms with Crippen LogP contribution in [-0.2, 0) is 13.0 Å². The molecule has 0 aliphatic carbocycles. The molecule has 0 amide bonds. The molecule has 0 spiro atoms. The predicted octanol–water partition coefficient (Wildman–Crippen LogP) is 3.34. The van der Waals surface area contributed by atoms with Crippen molar-refractivity contribution < 1.29 is 0 Å². The normalized spacial score (nSPS) is 12.6. The zero-order valence-corrected chi connectivity index (χ0v) is 11.7. The first kappa shape index (κ1) is 12.3. The van der Waals surface area contributed by atoms with E-state index in [0.717, 1.165) is 18.7 Å². The van der Waals surface area contributed by atoms with E-state index in [1.807, 2.05) is 17.8 Å². The highest BCUT2D eigenvalue weighted by molar-refractivity contribution is 9.09. The van der Waals surface area contributed by atoms with Gasteiger partial charge in [-0.3, -0.25) is 0 Å². The lowest BCUT2D eigenvalue weighted by Gasteiger charge is -2.02. The number of nitrogens with zero attached hydrogens (tertiary/aromatic N) is 3. The number of hydrogen-bond donors (Lipinski definition) is 0. The standard InChI is InChI=1S/C13H16BrN3/c1-3-11-4-6-12(7-5-11)8-17-9-13(10(2)14)15-16-17/h4-7,9-10H,3,8H2,1-2H3. The fraction of sp³-hybridized carbons (Fsp3) is 0.385. The van der Waals surface area contributed by atoms with E-state index >= 15 is 0 Å². The third-order valence-electron chi connectivity index (χ3n) is 2.74. The van der Waals surface area contributed by atoms with E-state index in [9.17, 15) is 0 Å². The second-order valence-corrected chi connectivity index (χ2v) is 5.50. The van der Waals surface area contributed by atoms with Gasteiger partial charge in [-0.15, -0.1) is 5.10 Å². The summed E-state index contributed by atoms with van der Waals surface area (Å²) in [5.41, 5.74) is 3.58. The average Bonchev–Trinajstić information content (AvgIpc) is 2.79. The molecule has 0 N–H and O–H groups in total. The molecule has 0 fully saturated rings. The number of aromatic nitrogens is 3. The van der Waals surface area contributed by atoms with Gasteiger partial charge in [0.25, 0.3) is 0 Å². The molecule has 4 heteroatoms. The van der Waals surface area contributed by atoms with Gasteiger partial charge in [0, 0.05) is 6.20 Å². The monoisotopic (exact) mass is 293 g/mol. The van der Waals surface area contributed by atoms with Crippen LogP contribution in [0.1, 0.15) is 35.5 Å². The summed E-state index contributed by atoms with van der Waals surface area (Å²) in [4.78, 5) is 0.249. The molecule has 1 aromatic heterocycles. The lowest BCUT2D eigenvalue weighted by Crippen LogP contribution is -2.00. The molecule has 0 saturated carbocycles. The van der Waals surface area contributed by atoms with Crippen LogP contribution >= 0.6 is 15.9 Å². The van der Waals surface area contributed by atoms with Gasteiger partial charge in [-0.05, 0) is 24.5 Å². The summed E-state index contributed by atoms with van der Waals surface area (Å²) in [6.45, 7) is 4.98. The third kappa shape index (κ3) is 3.16. The maximum atomic E-state index is 4.11. The Morgan fingerprint density at radius 3 is 2.41 bits per heavy atom. The lowest BCUT2D eigenvalue weighted by molar-refractivity contribution is 0.649. The second kappa shape index (κ2) is 5.45. The van der Waals surface area contributed by atoms with E-state index in [0.29, 0.717) is 0 Å². The van der Waals surface area contributed by atoms with E-state index in [-0.39, 0.29) is 4.83 Å². The van der Waals surface area contributed by atoms with Crippen molar-refractivity contribution in [1.29, 1.82) is 0 Å². The Hall–Kier alpha value is -1.16. The minimum Gasteiger partial charge on any atom is -0.248 e. The van der Waals surface area contributed by atoms with E-state index in [4.69, 9.17) is 0 Å². The topological polar surface area (TPSA) is 30.7 Å². The predicted molar refractivity (Wildman–Crippen MR) is 72.3 cm³/mol. The van der Waals surface area contributed by atoms with Gasteiger partial charge in [0.05, 0.1) is 17.1 Å². The quantitative estimate of drug-likeness (QED) is 0.810. The summed E-state index contributed by atoms with van der Waals surface area (Å²) in [5.74, 6) is 0. The van der Waals surface area contributed by atoms with Gasteiger partial charge < -0.3 is 0 Å². The maximum Gasteiger partial charge on any atom is 0.0960 e. The van der Waals surface area contributed by atoms with Crippen LogP contribution < -0.4 is 0 Å². The molecule has 90 valence electrons. The number of halogens is 1. The van der Waals surface area contributed by atoms with Crippen LogP contribution in [0.25, 0.3) is 0 Å². The minimum absolute atomic E-state index is 0.249. The van der Waals surface area contributed by atoms with E-state index in [2.05, 4.69) is 57.4 Å². The molecule has 0 aliphatic heterocycles. The Labute approximate surface area is 110 Å². The zero-order chi connectivity index (χ0) is 12.3. The van der Waals surface area contributed by atoms with Crippen molar-refractivity contribution >= 4 is 15.9 Å². The van der Waals surface area contributed by atoms with Gasteiger partial charge in [-0.1, -0.05) is 52.3 Å². The van der Waals surface area contributed by atoms with Gasteiger partial charge in [0.1, 0.15) is 0 Å². The van der Waals surface area contributed by atoms with E-state index < -0.39 is 0 Å². The van der Waals surface area contributed by atoms with Crippen molar-refractivity contribution in [2.75, 3.05) is 0 Å². The highest BCUT2D eigenvalue weighted by Gasteiger charge is 2.06. The van der Waals surface area contributed by atoms with Crippen LogP contribution in [0.2, 0.25) is 0 Å². The number of alkyl halides is 1. The van der Waals surface area contributed by atoms with Crippen LogP contribution in [0.5, 0.6) is 0 Å². The Morgan fingerprint density at radius 1 is 1.24 bits per heavy atom. The first-order valence-corrected chi connectivity index (χ1v) is 6.72. The molecular formula is C13H16BrN3. The molecular weight excluding hydrogens is 278 g/mol. The summed E-state index contributed by atoms with van der Waals surface area (Å²) in [5, 5.41) is 8.22. The molecule has 2 aromatic rings. The Morgan fingerprint density at radius 2 is 1.88 bits per heavy atom. The van der Waals surface area contributed by atoms with Crippen molar-refractivity contribution in [2.24, 2.45) is 0 Å². The van der Waals surface area contributed by atoms with Crippen LogP contribution in [0.4, 0.5) is 0 Å². The molecule has 1 aromatic carbocycles. The van der Waals surface area contributed by atoms with Gasteiger partial charge >= 0.3 is 0 Å². The van der Waals surface area contributed by atoms with Gasteiger partial charge in [0.2, 0.25) is 0 Å². The first-order chi connectivity index (χ1) is 8.19. The highest BCUT2D eigenvalue weighted by Crippen LogP contribution is 2.18. The zero-order valence-electron chi connectivity index (χ0n) is 10.1. The Kier molecular flexibility index (Phi) is 3.94. The Balaban J connectivity index is 2.08. The summed E-state index contributed by atoms with van der Waals surface area (Å²) in [6, 6.07) is 8.63. The SMILES string of the molecule is CCc1ccc(Cn2cc(C(C)Br)nn2)cc1. The highest BCUT2D eigenvalue weighted by atomic mass is 79.9. The summed E-state index contributed by atoms with van der Waals surface area (Å²) in [7, 11) is 0. The van der Waals surface area contributed by atoms with Crippen LogP contribution in [0, 0.1) is 0 Å². The summed E-state index contributed by atoms with van der Waals surface area (Å²) in [6.07, 6.45) is 3.06. The Bertz CT molecular complexity index is 474. The van der Waals surface area contributed by atoms with E-state index in [1.165, 1.54) is 11.1 Å². The number of rotatable bonds is 4. The lowest BCUT2D eigenvalue weighted by atomic mass is 10.1. The van der Waals surface area contributed by atoms with Crippen LogP contribution in [0.15, 0.2) is 30.5 Å². The van der Waals surface area contributed by atoms with Crippen LogP contribution in [-0.4, -0.2) is 15.0 Å². The molecule has 0 saturated heterocycles. The van der Waals surface area contributed by atoms with Gasteiger partial charge in [0.15, 0.2) is 0 Å².